The minimum atomic E-state index is -2.99. The molecule has 9 heteroatoms. The van der Waals surface area contributed by atoms with Crippen LogP contribution in [0.5, 0.6) is 0 Å². The van der Waals surface area contributed by atoms with E-state index in [2.05, 4.69) is 16.3 Å². The van der Waals surface area contributed by atoms with E-state index < -0.39 is 9.84 Å². The lowest BCUT2D eigenvalue weighted by Crippen LogP contribution is -2.14. The van der Waals surface area contributed by atoms with Crippen LogP contribution in [0.1, 0.15) is 39.8 Å². The van der Waals surface area contributed by atoms with Gasteiger partial charge in [-0.2, -0.15) is 0 Å². The molecule has 3 aromatic rings. The van der Waals surface area contributed by atoms with Gasteiger partial charge in [0.2, 0.25) is 0 Å². The SMILES string of the molecule is Cc1cccc(-c2nnc(SCC(=O)c3cc(C)n(C4CCS(=O)(=O)C4)c3C)n2C)c1. The van der Waals surface area contributed by atoms with Crippen molar-refractivity contribution in [3.05, 3.63) is 52.8 Å². The molecule has 1 fully saturated rings. The number of carbonyl (C=O) groups is 1. The maximum atomic E-state index is 13.0. The summed E-state index contributed by atoms with van der Waals surface area (Å²) in [5.74, 6) is 1.37. The predicted octanol–water partition coefficient (Wildman–Crippen LogP) is 3.54. The van der Waals surface area contributed by atoms with Crippen molar-refractivity contribution >= 4 is 27.4 Å². The smallest absolute Gasteiger partial charge is 0.191 e. The van der Waals surface area contributed by atoms with Gasteiger partial charge in [0.05, 0.1) is 17.3 Å². The van der Waals surface area contributed by atoms with Crippen LogP contribution in [-0.2, 0) is 16.9 Å². The fourth-order valence-corrected chi connectivity index (χ4v) is 6.78. The minimum Gasteiger partial charge on any atom is -0.344 e. The molecule has 0 N–H and O–H groups in total. The molecule has 164 valence electrons. The molecule has 2 aromatic heterocycles. The summed E-state index contributed by atoms with van der Waals surface area (Å²) < 4.78 is 27.7. The lowest BCUT2D eigenvalue weighted by Gasteiger charge is -2.16. The first-order valence-corrected chi connectivity index (χ1v) is 13.0. The highest BCUT2D eigenvalue weighted by Gasteiger charge is 2.31. The van der Waals surface area contributed by atoms with Gasteiger partial charge in [-0.05, 0) is 39.3 Å². The number of benzene rings is 1. The Morgan fingerprint density at radius 1 is 1.19 bits per heavy atom. The summed E-state index contributed by atoms with van der Waals surface area (Å²) in [5, 5.41) is 9.24. The Bertz CT molecular complexity index is 1260. The van der Waals surface area contributed by atoms with Gasteiger partial charge >= 0.3 is 0 Å². The normalized spacial score (nSPS) is 17.9. The van der Waals surface area contributed by atoms with Crippen molar-refractivity contribution in [1.29, 1.82) is 0 Å². The first kappa shape index (κ1) is 21.8. The van der Waals surface area contributed by atoms with Crippen molar-refractivity contribution in [2.24, 2.45) is 7.05 Å². The molecule has 7 nitrogen and oxygen atoms in total. The molecule has 3 heterocycles. The zero-order chi connectivity index (χ0) is 22.3. The van der Waals surface area contributed by atoms with Gasteiger partial charge in [-0.1, -0.05) is 35.5 Å². The molecule has 31 heavy (non-hydrogen) atoms. The van der Waals surface area contributed by atoms with E-state index in [-0.39, 0.29) is 29.1 Å². The molecule has 0 saturated carbocycles. The Kier molecular flexibility index (Phi) is 5.83. The summed E-state index contributed by atoms with van der Waals surface area (Å²) in [5.41, 5.74) is 4.55. The molecule has 4 rings (SSSR count). The zero-order valence-electron chi connectivity index (χ0n) is 18.1. The largest absolute Gasteiger partial charge is 0.344 e. The lowest BCUT2D eigenvalue weighted by molar-refractivity contribution is 0.102. The second-order valence-electron chi connectivity index (χ2n) is 8.16. The van der Waals surface area contributed by atoms with E-state index in [9.17, 15) is 13.2 Å². The summed E-state index contributed by atoms with van der Waals surface area (Å²) in [6.45, 7) is 5.86. The van der Waals surface area contributed by atoms with Crippen molar-refractivity contribution < 1.29 is 13.2 Å². The highest BCUT2D eigenvalue weighted by Crippen LogP contribution is 2.30. The van der Waals surface area contributed by atoms with E-state index in [1.807, 2.05) is 61.2 Å². The van der Waals surface area contributed by atoms with Crippen molar-refractivity contribution in [3.8, 4) is 11.4 Å². The second-order valence-corrected chi connectivity index (χ2v) is 11.3. The van der Waals surface area contributed by atoms with Crippen LogP contribution in [0, 0.1) is 20.8 Å². The Labute approximate surface area is 186 Å². The molecule has 0 aliphatic carbocycles. The molecule has 1 unspecified atom stereocenters. The molecule has 1 aliphatic rings. The minimum absolute atomic E-state index is 0.00492. The van der Waals surface area contributed by atoms with E-state index in [1.54, 1.807) is 0 Å². The summed E-state index contributed by atoms with van der Waals surface area (Å²) in [7, 11) is -1.09. The first-order chi connectivity index (χ1) is 14.7. The topological polar surface area (TPSA) is 86.8 Å². The van der Waals surface area contributed by atoms with Gasteiger partial charge in [-0.15, -0.1) is 10.2 Å². The van der Waals surface area contributed by atoms with E-state index in [1.165, 1.54) is 11.8 Å². The van der Waals surface area contributed by atoms with Crippen molar-refractivity contribution in [2.75, 3.05) is 17.3 Å². The number of aromatic nitrogens is 4. The number of rotatable bonds is 6. The van der Waals surface area contributed by atoms with Gasteiger partial charge in [0.1, 0.15) is 0 Å². The highest BCUT2D eigenvalue weighted by atomic mass is 32.2. The molecule has 0 radical (unpaired) electrons. The average Bonchev–Trinajstić information content (AvgIpc) is 3.34. The number of aryl methyl sites for hydroxylation is 2. The van der Waals surface area contributed by atoms with Gasteiger partial charge in [0.25, 0.3) is 0 Å². The van der Waals surface area contributed by atoms with Crippen LogP contribution in [-0.4, -0.2) is 50.8 Å². The summed E-state index contributed by atoms with van der Waals surface area (Å²) in [6, 6.07) is 9.86. The van der Waals surface area contributed by atoms with Crippen LogP contribution in [0.2, 0.25) is 0 Å². The Morgan fingerprint density at radius 3 is 2.65 bits per heavy atom. The van der Waals surface area contributed by atoms with E-state index in [4.69, 9.17) is 0 Å². The maximum absolute atomic E-state index is 13.0. The number of thioether (sulfide) groups is 1. The predicted molar refractivity (Wildman–Crippen MR) is 122 cm³/mol. The Morgan fingerprint density at radius 2 is 1.97 bits per heavy atom. The molecule has 1 aliphatic heterocycles. The van der Waals surface area contributed by atoms with Crippen molar-refractivity contribution in [1.82, 2.24) is 19.3 Å². The standard InChI is InChI=1S/C22H26N4O3S2/c1-14-6-5-7-17(10-14)21-23-24-22(25(21)4)30-12-20(27)19-11-15(2)26(16(19)3)18-8-9-31(28,29)13-18/h5-7,10-11,18H,8-9,12-13H2,1-4H3. The Balaban J connectivity index is 1.50. The Hall–Kier alpha value is -2.39. The fraction of sp³-hybridized carbons (Fsp3) is 0.409. The van der Waals surface area contributed by atoms with Crippen molar-refractivity contribution in [3.63, 3.8) is 0 Å². The average molecular weight is 459 g/mol. The fourth-order valence-electron chi connectivity index (χ4n) is 4.28. The van der Waals surface area contributed by atoms with Gasteiger partial charge in [-0.25, -0.2) is 8.42 Å². The molecular weight excluding hydrogens is 432 g/mol. The van der Waals surface area contributed by atoms with Crippen LogP contribution < -0.4 is 0 Å². The molecule has 0 spiro atoms. The van der Waals surface area contributed by atoms with Crippen molar-refractivity contribution in [2.45, 2.75) is 38.4 Å². The number of hydrogen-bond acceptors (Lipinski definition) is 6. The molecule has 1 atom stereocenters. The van der Waals surface area contributed by atoms with Crippen LogP contribution >= 0.6 is 11.8 Å². The number of nitrogens with zero attached hydrogens (tertiary/aromatic N) is 4. The quantitative estimate of drug-likeness (QED) is 0.415. The van der Waals surface area contributed by atoms with Crippen LogP contribution in [0.15, 0.2) is 35.5 Å². The molecule has 0 bridgehead atoms. The van der Waals surface area contributed by atoms with Crippen LogP contribution in [0.25, 0.3) is 11.4 Å². The third-order valence-corrected chi connectivity index (χ3v) is 8.57. The van der Waals surface area contributed by atoms with Gasteiger partial charge < -0.3 is 9.13 Å². The lowest BCUT2D eigenvalue weighted by atomic mass is 10.1. The van der Waals surface area contributed by atoms with Gasteiger partial charge in [0, 0.05) is 35.6 Å². The summed E-state index contributed by atoms with van der Waals surface area (Å²) in [6.07, 6.45) is 0.599. The number of hydrogen-bond donors (Lipinski definition) is 0. The van der Waals surface area contributed by atoms with Crippen LogP contribution in [0.3, 0.4) is 0 Å². The second kappa shape index (κ2) is 8.27. The highest BCUT2D eigenvalue weighted by molar-refractivity contribution is 7.99. The number of sulfone groups is 1. The zero-order valence-corrected chi connectivity index (χ0v) is 19.8. The molecule has 1 aromatic carbocycles. The molecule has 1 saturated heterocycles. The molecular formula is C22H26N4O3S2. The molecule has 0 amide bonds. The third kappa shape index (κ3) is 4.34. The van der Waals surface area contributed by atoms with Gasteiger partial charge in [0.15, 0.2) is 26.6 Å². The summed E-state index contributed by atoms with van der Waals surface area (Å²) >= 11 is 1.36. The first-order valence-electron chi connectivity index (χ1n) is 10.2. The van der Waals surface area contributed by atoms with Gasteiger partial charge in [-0.3, -0.25) is 4.79 Å². The van der Waals surface area contributed by atoms with E-state index in [0.717, 1.165) is 28.3 Å². The van der Waals surface area contributed by atoms with E-state index >= 15 is 0 Å². The maximum Gasteiger partial charge on any atom is 0.191 e. The number of Topliss-reactive ketones (excluding diaryl/α,β-unsaturated/α-hetero) is 1. The monoisotopic (exact) mass is 458 g/mol. The van der Waals surface area contributed by atoms with E-state index in [0.29, 0.717) is 17.1 Å². The number of ketones is 1. The third-order valence-electron chi connectivity index (χ3n) is 5.80. The number of carbonyl (C=O) groups excluding carboxylic acids is 1. The van der Waals surface area contributed by atoms with Crippen LogP contribution in [0.4, 0.5) is 0 Å². The summed E-state index contributed by atoms with van der Waals surface area (Å²) in [4.78, 5) is 13.0.